The molecule has 0 aliphatic carbocycles. The van der Waals surface area contributed by atoms with Gasteiger partial charge in [0, 0.05) is 42.9 Å². The standard InChI is InChI=1S/C24H31N3O6S/c1-5-33-23(28)20-18(15-27(11-12-30-2)14-16-8-7-13-34-16)25-24(29)26-21(20)17-9-6-10-19(31-3)22(17)32-4/h6-10,13,21H,5,11-12,14-15H2,1-4H3,(H2,25,26,29). The van der Waals surface area contributed by atoms with Gasteiger partial charge in [0.25, 0.3) is 0 Å². The molecule has 0 spiro atoms. The molecule has 0 saturated heterocycles. The molecule has 1 aliphatic rings. The van der Waals surface area contributed by atoms with Crippen molar-refractivity contribution in [2.45, 2.75) is 19.5 Å². The van der Waals surface area contributed by atoms with Crippen molar-refractivity contribution in [2.75, 3.05) is 47.6 Å². The van der Waals surface area contributed by atoms with Crippen LogP contribution in [-0.2, 0) is 20.8 Å². The lowest BCUT2D eigenvalue weighted by Crippen LogP contribution is -2.48. The number of benzene rings is 1. The van der Waals surface area contributed by atoms with Crippen molar-refractivity contribution in [2.24, 2.45) is 0 Å². The second-order valence-electron chi connectivity index (χ2n) is 7.51. The quantitative estimate of drug-likeness (QED) is 0.442. The number of carbonyl (C=O) groups is 2. The molecular formula is C24H31N3O6S. The number of rotatable bonds is 12. The van der Waals surface area contributed by atoms with Gasteiger partial charge in [0.2, 0.25) is 0 Å². The van der Waals surface area contributed by atoms with E-state index in [1.807, 2.05) is 11.4 Å². The van der Waals surface area contributed by atoms with Gasteiger partial charge in [-0.2, -0.15) is 0 Å². The second-order valence-corrected chi connectivity index (χ2v) is 8.54. The maximum absolute atomic E-state index is 13.2. The summed E-state index contributed by atoms with van der Waals surface area (Å²) in [7, 11) is 4.70. The highest BCUT2D eigenvalue weighted by molar-refractivity contribution is 7.09. The molecule has 0 fully saturated rings. The summed E-state index contributed by atoms with van der Waals surface area (Å²) >= 11 is 1.65. The first-order chi connectivity index (χ1) is 16.5. The molecule has 0 radical (unpaired) electrons. The maximum atomic E-state index is 13.2. The smallest absolute Gasteiger partial charge is 0.338 e. The Hall–Kier alpha value is -3.08. The zero-order valence-electron chi connectivity index (χ0n) is 19.9. The van der Waals surface area contributed by atoms with E-state index >= 15 is 0 Å². The summed E-state index contributed by atoms with van der Waals surface area (Å²) in [5.74, 6) is 0.424. The van der Waals surface area contributed by atoms with Gasteiger partial charge in [-0.3, -0.25) is 4.90 Å². The molecule has 0 saturated carbocycles. The molecule has 1 aromatic carbocycles. The molecule has 9 nitrogen and oxygen atoms in total. The zero-order valence-corrected chi connectivity index (χ0v) is 20.7. The van der Waals surface area contributed by atoms with Crippen LogP contribution in [0.25, 0.3) is 0 Å². The third-order valence-electron chi connectivity index (χ3n) is 5.35. The van der Waals surface area contributed by atoms with Crippen LogP contribution in [0.1, 0.15) is 23.4 Å². The highest BCUT2D eigenvalue weighted by Crippen LogP contribution is 2.39. The lowest BCUT2D eigenvalue weighted by molar-refractivity contribution is -0.139. The molecule has 3 rings (SSSR count). The van der Waals surface area contributed by atoms with Crippen LogP contribution in [0.4, 0.5) is 4.79 Å². The molecule has 34 heavy (non-hydrogen) atoms. The van der Waals surface area contributed by atoms with E-state index in [-0.39, 0.29) is 6.61 Å². The number of nitrogens with one attached hydrogen (secondary N) is 2. The summed E-state index contributed by atoms with van der Waals surface area (Å²) in [6.45, 7) is 4.05. The van der Waals surface area contributed by atoms with Crippen LogP contribution in [0.5, 0.6) is 11.5 Å². The zero-order chi connectivity index (χ0) is 24.5. The number of methoxy groups -OCH3 is 3. The molecule has 2 amide bonds. The number of amides is 2. The average molecular weight is 490 g/mol. The number of thiophene rings is 1. The SMILES string of the molecule is CCOC(=O)C1=C(CN(CCOC)Cc2cccs2)NC(=O)NC1c1cccc(OC)c1OC. The summed E-state index contributed by atoms with van der Waals surface area (Å²) in [4.78, 5) is 29.2. The fourth-order valence-corrected chi connectivity index (χ4v) is 4.59. The predicted molar refractivity (Wildman–Crippen MR) is 129 cm³/mol. The van der Waals surface area contributed by atoms with Gasteiger partial charge in [-0.05, 0) is 24.4 Å². The van der Waals surface area contributed by atoms with Gasteiger partial charge < -0.3 is 29.6 Å². The molecule has 1 aliphatic heterocycles. The van der Waals surface area contributed by atoms with E-state index in [1.165, 1.54) is 19.1 Å². The monoisotopic (exact) mass is 489 g/mol. The Labute approximate surface area is 203 Å². The topological polar surface area (TPSA) is 98.4 Å². The number of urea groups is 1. The van der Waals surface area contributed by atoms with E-state index in [0.717, 1.165) is 0 Å². The molecular weight excluding hydrogens is 458 g/mol. The van der Waals surface area contributed by atoms with Crippen LogP contribution in [0.15, 0.2) is 47.0 Å². The second kappa shape index (κ2) is 12.4. The Morgan fingerprint density at radius 2 is 1.94 bits per heavy atom. The molecule has 10 heteroatoms. The normalized spacial score (nSPS) is 15.7. The number of ether oxygens (including phenoxy) is 4. The van der Waals surface area contributed by atoms with E-state index in [9.17, 15) is 9.59 Å². The van der Waals surface area contributed by atoms with E-state index in [4.69, 9.17) is 18.9 Å². The first kappa shape index (κ1) is 25.5. The lowest BCUT2D eigenvalue weighted by Gasteiger charge is -2.32. The van der Waals surface area contributed by atoms with Gasteiger partial charge in [-0.15, -0.1) is 11.3 Å². The summed E-state index contributed by atoms with van der Waals surface area (Å²) in [6, 6.07) is 8.19. The fourth-order valence-electron chi connectivity index (χ4n) is 3.85. The average Bonchev–Trinajstić information content (AvgIpc) is 3.34. The van der Waals surface area contributed by atoms with Crippen molar-refractivity contribution >= 4 is 23.3 Å². The minimum atomic E-state index is -0.779. The molecule has 2 heterocycles. The van der Waals surface area contributed by atoms with Crippen molar-refractivity contribution < 1.29 is 28.5 Å². The molecule has 1 atom stereocenters. The minimum Gasteiger partial charge on any atom is -0.493 e. The summed E-state index contributed by atoms with van der Waals surface area (Å²) in [5, 5.41) is 7.71. The minimum absolute atomic E-state index is 0.202. The van der Waals surface area contributed by atoms with Gasteiger partial charge in [-0.25, -0.2) is 9.59 Å². The number of para-hydroxylation sites is 1. The van der Waals surface area contributed by atoms with Gasteiger partial charge in [0.15, 0.2) is 11.5 Å². The molecule has 184 valence electrons. The van der Waals surface area contributed by atoms with Crippen LogP contribution in [0, 0.1) is 0 Å². The van der Waals surface area contributed by atoms with E-state index in [1.54, 1.807) is 43.6 Å². The van der Waals surface area contributed by atoms with Crippen LogP contribution in [-0.4, -0.2) is 64.5 Å². The number of nitrogens with zero attached hydrogens (tertiary/aromatic N) is 1. The largest absolute Gasteiger partial charge is 0.493 e. The van der Waals surface area contributed by atoms with Crippen molar-refractivity contribution in [1.29, 1.82) is 0 Å². The van der Waals surface area contributed by atoms with Crippen LogP contribution in [0.3, 0.4) is 0 Å². The molecule has 2 aromatic rings. The van der Waals surface area contributed by atoms with Crippen molar-refractivity contribution in [3.63, 3.8) is 0 Å². The van der Waals surface area contributed by atoms with Gasteiger partial charge >= 0.3 is 12.0 Å². The molecule has 1 aromatic heterocycles. The summed E-state index contributed by atoms with van der Waals surface area (Å²) < 4.78 is 21.7. The Morgan fingerprint density at radius 3 is 2.59 bits per heavy atom. The first-order valence-corrected chi connectivity index (χ1v) is 11.8. The number of hydrogen-bond donors (Lipinski definition) is 2. The fraction of sp³-hybridized carbons (Fsp3) is 0.417. The van der Waals surface area contributed by atoms with E-state index in [2.05, 4.69) is 21.6 Å². The third kappa shape index (κ3) is 6.07. The van der Waals surface area contributed by atoms with Gasteiger partial charge in [0.1, 0.15) is 0 Å². The predicted octanol–water partition coefficient (Wildman–Crippen LogP) is 3.09. The Balaban J connectivity index is 2.06. The number of esters is 1. The Bertz CT molecular complexity index is 1010. The molecule has 1 unspecified atom stereocenters. The van der Waals surface area contributed by atoms with Crippen LogP contribution < -0.4 is 20.1 Å². The van der Waals surface area contributed by atoms with Crippen molar-refractivity contribution in [1.82, 2.24) is 15.5 Å². The third-order valence-corrected chi connectivity index (χ3v) is 6.21. The maximum Gasteiger partial charge on any atom is 0.338 e. The van der Waals surface area contributed by atoms with Crippen LogP contribution >= 0.6 is 11.3 Å². The van der Waals surface area contributed by atoms with Gasteiger partial charge in [0.05, 0.1) is 39.0 Å². The molecule has 0 bridgehead atoms. The molecule has 2 N–H and O–H groups in total. The highest BCUT2D eigenvalue weighted by atomic mass is 32.1. The number of hydrogen-bond acceptors (Lipinski definition) is 8. The van der Waals surface area contributed by atoms with E-state index in [0.29, 0.717) is 54.6 Å². The Kier molecular flexibility index (Phi) is 9.32. The number of carbonyl (C=O) groups excluding carboxylic acids is 2. The summed E-state index contributed by atoms with van der Waals surface area (Å²) in [5.41, 5.74) is 1.39. The Morgan fingerprint density at radius 1 is 1.12 bits per heavy atom. The lowest BCUT2D eigenvalue weighted by atomic mass is 9.93. The van der Waals surface area contributed by atoms with E-state index < -0.39 is 18.0 Å². The van der Waals surface area contributed by atoms with Crippen molar-refractivity contribution in [3.8, 4) is 11.5 Å². The van der Waals surface area contributed by atoms with Gasteiger partial charge in [-0.1, -0.05) is 18.2 Å². The van der Waals surface area contributed by atoms with Crippen molar-refractivity contribution in [3.05, 3.63) is 57.4 Å². The first-order valence-electron chi connectivity index (χ1n) is 10.9. The van der Waals surface area contributed by atoms with Crippen LogP contribution in [0.2, 0.25) is 0 Å². The highest BCUT2D eigenvalue weighted by Gasteiger charge is 2.36. The summed E-state index contributed by atoms with van der Waals surface area (Å²) in [6.07, 6.45) is 0.